The van der Waals surface area contributed by atoms with E-state index in [2.05, 4.69) is 11.9 Å². The van der Waals surface area contributed by atoms with Crippen molar-refractivity contribution in [3.8, 4) is 0 Å². The summed E-state index contributed by atoms with van der Waals surface area (Å²) in [4.78, 5) is 5.77. The first kappa shape index (κ1) is 11.0. The lowest BCUT2D eigenvalue weighted by Gasteiger charge is -2.39. The number of thiazole rings is 1. The Morgan fingerprint density at radius 1 is 1.53 bits per heavy atom. The quantitative estimate of drug-likeness (QED) is 0.850. The molecule has 84 valence electrons. The van der Waals surface area contributed by atoms with Crippen LogP contribution in [0.1, 0.15) is 28.9 Å². The van der Waals surface area contributed by atoms with E-state index in [1.165, 1.54) is 9.88 Å². The van der Waals surface area contributed by atoms with Crippen molar-refractivity contribution < 1.29 is 9.84 Å². The Morgan fingerprint density at radius 3 is 2.73 bits per heavy atom. The zero-order chi connectivity index (χ0) is 10.9. The average molecular weight is 227 g/mol. The summed E-state index contributed by atoms with van der Waals surface area (Å²) >= 11 is 1.74. The average Bonchev–Trinajstić information content (AvgIpc) is 2.48. The lowest BCUT2D eigenvalue weighted by molar-refractivity contribution is -0.0827. The van der Waals surface area contributed by atoms with Crippen LogP contribution < -0.4 is 0 Å². The second-order valence-corrected chi connectivity index (χ2v) is 5.29. The molecular weight excluding hydrogens is 210 g/mol. The monoisotopic (exact) mass is 227 g/mol. The predicted molar refractivity (Wildman–Crippen MR) is 60.4 cm³/mol. The summed E-state index contributed by atoms with van der Waals surface area (Å²) in [6.45, 7) is 5.63. The van der Waals surface area contributed by atoms with Crippen LogP contribution in [-0.2, 0) is 16.6 Å². The smallest absolute Gasteiger partial charge is 0.0931 e. The predicted octanol–water partition coefficient (Wildman–Crippen LogP) is 1.66. The number of aromatic nitrogens is 1. The molecule has 1 saturated heterocycles. The molecule has 1 aromatic rings. The first-order valence-electron chi connectivity index (χ1n) is 5.37. The van der Waals surface area contributed by atoms with Crippen LogP contribution in [0.5, 0.6) is 0 Å². The van der Waals surface area contributed by atoms with Crippen LogP contribution in [0.3, 0.4) is 0 Å². The second-order valence-electron chi connectivity index (χ2n) is 4.20. The highest BCUT2D eigenvalue weighted by atomic mass is 32.1. The largest absolute Gasteiger partial charge is 0.395 e. The molecule has 0 radical (unpaired) electrons. The highest BCUT2D eigenvalue weighted by molar-refractivity contribution is 7.12. The Balaban J connectivity index is 2.27. The first-order chi connectivity index (χ1) is 7.22. The van der Waals surface area contributed by atoms with Crippen LogP contribution in [0.25, 0.3) is 0 Å². The molecule has 0 aliphatic carbocycles. The molecule has 1 aliphatic rings. The highest BCUT2D eigenvalue weighted by Crippen LogP contribution is 2.37. The van der Waals surface area contributed by atoms with Crippen molar-refractivity contribution >= 4 is 11.3 Å². The summed E-state index contributed by atoms with van der Waals surface area (Å²) in [5.41, 5.74) is 0.925. The van der Waals surface area contributed by atoms with Gasteiger partial charge in [-0.3, -0.25) is 0 Å². The fourth-order valence-electron chi connectivity index (χ4n) is 1.91. The maximum atomic E-state index is 9.45. The molecule has 0 atom stereocenters. The van der Waals surface area contributed by atoms with E-state index in [4.69, 9.17) is 4.74 Å². The van der Waals surface area contributed by atoms with Crippen LogP contribution in [0, 0.1) is 6.92 Å². The van der Waals surface area contributed by atoms with Gasteiger partial charge in [-0.15, -0.1) is 11.3 Å². The van der Waals surface area contributed by atoms with Crippen molar-refractivity contribution in [2.24, 2.45) is 0 Å². The number of nitrogens with zero attached hydrogens (tertiary/aromatic N) is 1. The van der Waals surface area contributed by atoms with Gasteiger partial charge in [0.15, 0.2) is 0 Å². The van der Waals surface area contributed by atoms with Crippen LogP contribution in [0.15, 0.2) is 0 Å². The van der Waals surface area contributed by atoms with E-state index in [9.17, 15) is 5.11 Å². The fourth-order valence-corrected chi connectivity index (χ4v) is 3.22. The maximum Gasteiger partial charge on any atom is 0.0931 e. The van der Waals surface area contributed by atoms with Gasteiger partial charge in [-0.05, 0) is 19.8 Å². The van der Waals surface area contributed by atoms with Gasteiger partial charge in [0.1, 0.15) is 0 Å². The number of aliphatic hydroxyl groups is 1. The normalized spacial score (nSPS) is 18.9. The molecule has 0 bridgehead atoms. The van der Waals surface area contributed by atoms with Crippen LogP contribution in [0.2, 0.25) is 0 Å². The molecule has 0 unspecified atom stereocenters. The number of hydrogen-bond donors (Lipinski definition) is 1. The number of hydrogen-bond acceptors (Lipinski definition) is 4. The summed E-state index contributed by atoms with van der Waals surface area (Å²) in [5, 5.41) is 10.6. The first-order valence-corrected chi connectivity index (χ1v) is 6.19. The number of rotatable bonds is 4. The molecule has 15 heavy (non-hydrogen) atoms. The van der Waals surface area contributed by atoms with Crippen LogP contribution in [-0.4, -0.2) is 29.9 Å². The number of ether oxygens (including phenoxy) is 1. The Hall–Kier alpha value is -0.450. The molecule has 1 N–H and O–H groups in total. The standard InChI is InChI=1S/C11H17NO2S/c1-3-4-9-12-8(2)10(15-9)11(5-13)6-14-7-11/h13H,3-7H2,1-2H3. The van der Waals surface area contributed by atoms with Crippen molar-refractivity contribution in [2.75, 3.05) is 19.8 Å². The Labute approximate surface area is 94.1 Å². The van der Waals surface area contributed by atoms with Gasteiger partial charge in [0.2, 0.25) is 0 Å². The maximum absolute atomic E-state index is 9.45. The Bertz CT molecular complexity index is 339. The van der Waals surface area contributed by atoms with Crippen LogP contribution >= 0.6 is 11.3 Å². The van der Waals surface area contributed by atoms with E-state index in [-0.39, 0.29) is 12.0 Å². The third-order valence-electron chi connectivity index (χ3n) is 2.85. The molecule has 0 aromatic carbocycles. The van der Waals surface area contributed by atoms with E-state index in [0.717, 1.165) is 18.5 Å². The van der Waals surface area contributed by atoms with Gasteiger partial charge in [0, 0.05) is 4.88 Å². The third kappa shape index (κ3) is 1.82. The van der Waals surface area contributed by atoms with Gasteiger partial charge in [-0.2, -0.15) is 0 Å². The fraction of sp³-hybridized carbons (Fsp3) is 0.727. The second kappa shape index (κ2) is 4.20. The summed E-state index contributed by atoms with van der Waals surface area (Å²) < 4.78 is 5.23. The molecule has 1 aliphatic heterocycles. The van der Waals surface area contributed by atoms with Crippen LogP contribution in [0.4, 0.5) is 0 Å². The minimum Gasteiger partial charge on any atom is -0.395 e. The minimum atomic E-state index is -0.145. The van der Waals surface area contributed by atoms with Gasteiger partial charge in [-0.1, -0.05) is 6.92 Å². The molecule has 0 spiro atoms. The molecule has 0 saturated carbocycles. The zero-order valence-corrected chi connectivity index (χ0v) is 10.1. The van der Waals surface area contributed by atoms with Crippen molar-refractivity contribution in [1.82, 2.24) is 4.98 Å². The number of aryl methyl sites for hydroxylation is 2. The zero-order valence-electron chi connectivity index (χ0n) is 9.25. The van der Waals surface area contributed by atoms with E-state index >= 15 is 0 Å². The minimum absolute atomic E-state index is 0.145. The van der Waals surface area contributed by atoms with Crippen molar-refractivity contribution in [2.45, 2.75) is 32.1 Å². The molecule has 1 aromatic heterocycles. The highest BCUT2D eigenvalue weighted by Gasteiger charge is 2.42. The van der Waals surface area contributed by atoms with Gasteiger partial charge >= 0.3 is 0 Å². The molecule has 1 fully saturated rings. The number of aliphatic hydroxyl groups excluding tert-OH is 1. The molecular formula is C11H17NO2S. The van der Waals surface area contributed by atoms with Crippen molar-refractivity contribution in [3.63, 3.8) is 0 Å². The summed E-state index contributed by atoms with van der Waals surface area (Å²) in [5.74, 6) is 0. The van der Waals surface area contributed by atoms with Crippen molar-refractivity contribution in [1.29, 1.82) is 0 Å². The molecule has 3 nitrogen and oxygen atoms in total. The van der Waals surface area contributed by atoms with Gasteiger partial charge in [0.25, 0.3) is 0 Å². The lowest BCUT2D eigenvalue weighted by atomic mass is 9.84. The third-order valence-corrected chi connectivity index (χ3v) is 4.31. The molecule has 2 rings (SSSR count). The molecule has 4 heteroatoms. The Kier molecular flexibility index (Phi) is 3.09. The SMILES string of the molecule is CCCc1nc(C)c(C2(CO)COC2)s1. The molecule has 2 heterocycles. The lowest BCUT2D eigenvalue weighted by Crippen LogP contribution is -2.49. The van der Waals surface area contributed by atoms with E-state index in [1.807, 2.05) is 6.92 Å². The molecule has 0 amide bonds. The van der Waals surface area contributed by atoms with Gasteiger partial charge in [0.05, 0.1) is 35.9 Å². The summed E-state index contributed by atoms with van der Waals surface area (Å²) in [6, 6.07) is 0. The summed E-state index contributed by atoms with van der Waals surface area (Å²) in [7, 11) is 0. The summed E-state index contributed by atoms with van der Waals surface area (Å²) in [6.07, 6.45) is 2.16. The van der Waals surface area contributed by atoms with E-state index in [1.54, 1.807) is 11.3 Å². The Morgan fingerprint density at radius 2 is 2.27 bits per heavy atom. The topological polar surface area (TPSA) is 42.4 Å². The van der Waals surface area contributed by atoms with Gasteiger partial charge in [-0.25, -0.2) is 4.98 Å². The van der Waals surface area contributed by atoms with E-state index in [0.29, 0.717) is 13.2 Å². The van der Waals surface area contributed by atoms with E-state index < -0.39 is 0 Å². The van der Waals surface area contributed by atoms with Crippen molar-refractivity contribution in [3.05, 3.63) is 15.6 Å². The van der Waals surface area contributed by atoms with Gasteiger partial charge < -0.3 is 9.84 Å².